The molecule has 0 aromatic heterocycles. The third kappa shape index (κ3) is 3.22. The third-order valence-corrected chi connectivity index (χ3v) is 6.09. The Morgan fingerprint density at radius 3 is 2.29 bits per heavy atom. The summed E-state index contributed by atoms with van der Waals surface area (Å²) in [5, 5.41) is 0. The van der Waals surface area contributed by atoms with Gasteiger partial charge in [0.15, 0.2) is 0 Å². The molecule has 1 aliphatic heterocycles. The van der Waals surface area contributed by atoms with Crippen molar-refractivity contribution in [1.29, 1.82) is 0 Å². The summed E-state index contributed by atoms with van der Waals surface area (Å²) in [6.07, 6.45) is 4.85. The van der Waals surface area contributed by atoms with E-state index in [1.54, 1.807) is 4.31 Å². The molecule has 116 valence electrons. The molecule has 0 saturated heterocycles. The van der Waals surface area contributed by atoms with E-state index in [0.29, 0.717) is 17.4 Å². The van der Waals surface area contributed by atoms with Crippen LogP contribution in [0.4, 0.5) is 0 Å². The molecule has 3 nitrogen and oxygen atoms in total. The van der Waals surface area contributed by atoms with Crippen LogP contribution in [0.1, 0.15) is 37.0 Å². The Kier molecular flexibility index (Phi) is 4.59. The smallest absolute Gasteiger partial charge is 0.207 e. The number of hydrogen-bond acceptors (Lipinski definition) is 2. The Morgan fingerprint density at radius 2 is 1.76 bits per heavy atom. The highest BCUT2D eigenvalue weighted by Gasteiger charge is 2.34. The van der Waals surface area contributed by atoms with E-state index in [1.165, 1.54) is 0 Å². The Balaban J connectivity index is 2.43. The zero-order valence-electron chi connectivity index (χ0n) is 13.6. The van der Waals surface area contributed by atoms with E-state index in [-0.39, 0.29) is 6.04 Å². The minimum absolute atomic E-state index is 0.0184. The molecule has 1 aromatic carbocycles. The van der Waals surface area contributed by atoms with Crippen LogP contribution in [-0.4, -0.2) is 25.3 Å². The van der Waals surface area contributed by atoms with Gasteiger partial charge in [-0.1, -0.05) is 43.7 Å². The fraction of sp³-hybridized carbons (Fsp3) is 0.529. The lowest BCUT2D eigenvalue weighted by molar-refractivity contribution is 0.361. The lowest BCUT2D eigenvalue weighted by Gasteiger charge is -2.27. The van der Waals surface area contributed by atoms with Crippen molar-refractivity contribution in [2.45, 2.75) is 52.0 Å². The van der Waals surface area contributed by atoms with Gasteiger partial charge in [0.25, 0.3) is 0 Å². The summed E-state index contributed by atoms with van der Waals surface area (Å²) in [4.78, 5) is 0.477. The van der Waals surface area contributed by atoms with Crippen molar-refractivity contribution >= 4 is 10.0 Å². The number of benzene rings is 1. The van der Waals surface area contributed by atoms with Crippen LogP contribution in [0.5, 0.6) is 0 Å². The van der Waals surface area contributed by atoms with E-state index < -0.39 is 10.0 Å². The molecule has 0 unspecified atom stereocenters. The van der Waals surface area contributed by atoms with Gasteiger partial charge in [-0.3, -0.25) is 0 Å². The predicted octanol–water partition coefficient (Wildman–Crippen LogP) is 3.59. The SMILES string of the molecule is Cc1cc(C)c(S(=O)(=O)N2CC=C[C@@H]2CC(C)C)c(C)c1. The van der Waals surface area contributed by atoms with Gasteiger partial charge in [-0.25, -0.2) is 8.42 Å². The molecular formula is C17H25NO2S. The number of hydrogen-bond donors (Lipinski definition) is 0. The van der Waals surface area contributed by atoms with Crippen molar-refractivity contribution in [3.8, 4) is 0 Å². The molecule has 0 radical (unpaired) electrons. The van der Waals surface area contributed by atoms with Crippen LogP contribution >= 0.6 is 0 Å². The fourth-order valence-electron chi connectivity index (χ4n) is 3.20. The Bertz CT molecular complexity index is 636. The van der Waals surface area contributed by atoms with Crippen molar-refractivity contribution in [3.05, 3.63) is 41.0 Å². The number of sulfonamides is 1. The third-order valence-electron chi connectivity index (χ3n) is 3.90. The standard InChI is InChI=1S/C17H25NO2S/c1-12(2)9-16-7-6-8-18(16)21(19,20)17-14(4)10-13(3)11-15(17)5/h6-7,10-12,16H,8-9H2,1-5H3/t16-/m1/s1. The second-order valence-electron chi connectivity index (χ2n) is 6.43. The van der Waals surface area contributed by atoms with Crippen LogP contribution in [0.15, 0.2) is 29.2 Å². The van der Waals surface area contributed by atoms with Gasteiger partial charge in [0.2, 0.25) is 10.0 Å². The van der Waals surface area contributed by atoms with Gasteiger partial charge in [0, 0.05) is 12.6 Å². The van der Waals surface area contributed by atoms with Crippen molar-refractivity contribution in [2.75, 3.05) is 6.54 Å². The molecule has 2 rings (SSSR count). The summed E-state index contributed by atoms with van der Waals surface area (Å²) in [5.41, 5.74) is 2.77. The second-order valence-corrected chi connectivity index (χ2v) is 8.26. The van der Waals surface area contributed by atoms with Crippen LogP contribution in [0.3, 0.4) is 0 Å². The van der Waals surface area contributed by atoms with Crippen LogP contribution in [0.25, 0.3) is 0 Å². The van der Waals surface area contributed by atoms with E-state index in [9.17, 15) is 8.42 Å². The van der Waals surface area contributed by atoms with Gasteiger partial charge in [0.05, 0.1) is 4.90 Å². The van der Waals surface area contributed by atoms with E-state index in [1.807, 2.05) is 45.1 Å². The first-order valence-electron chi connectivity index (χ1n) is 7.50. The molecule has 1 aromatic rings. The summed E-state index contributed by atoms with van der Waals surface area (Å²) >= 11 is 0. The molecule has 0 N–H and O–H groups in total. The highest BCUT2D eigenvalue weighted by atomic mass is 32.2. The van der Waals surface area contributed by atoms with Crippen molar-refractivity contribution in [3.63, 3.8) is 0 Å². The van der Waals surface area contributed by atoms with Crippen LogP contribution < -0.4 is 0 Å². The van der Waals surface area contributed by atoms with Crippen LogP contribution in [-0.2, 0) is 10.0 Å². The monoisotopic (exact) mass is 307 g/mol. The summed E-state index contributed by atoms with van der Waals surface area (Å²) < 4.78 is 27.8. The maximum Gasteiger partial charge on any atom is 0.244 e. The first kappa shape index (κ1) is 16.2. The van der Waals surface area contributed by atoms with Crippen molar-refractivity contribution in [1.82, 2.24) is 4.31 Å². The lowest BCUT2D eigenvalue weighted by Crippen LogP contribution is -2.37. The van der Waals surface area contributed by atoms with Gasteiger partial charge in [-0.2, -0.15) is 4.31 Å². The van der Waals surface area contributed by atoms with Gasteiger partial charge in [0.1, 0.15) is 0 Å². The predicted molar refractivity (Wildman–Crippen MR) is 86.9 cm³/mol. The average molecular weight is 307 g/mol. The van der Waals surface area contributed by atoms with Gasteiger partial charge >= 0.3 is 0 Å². The summed E-state index contributed by atoms with van der Waals surface area (Å²) in [7, 11) is -3.44. The summed E-state index contributed by atoms with van der Waals surface area (Å²) in [6.45, 7) is 10.5. The molecule has 0 bridgehead atoms. The second kappa shape index (κ2) is 5.93. The largest absolute Gasteiger partial charge is 0.244 e. The Morgan fingerprint density at radius 1 is 1.19 bits per heavy atom. The highest BCUT2D eigenvalue weighted by Crippen LogP contribution is 2.30. The molecule has 0 fully saturated rings. The molecule has 21 heavy (non-hydrogen) atoms. The van der Waals surface area contributed by atoms with Crippen LogP contribution in [0, 0.1) is 26.7 Å². The Hall–Kier alpha value is -1.13. The van der Waals surface area contributed by atoms with Gasteiger partial charge in [-0.15, -0.1) is 0 Å². The Labute approximate surface area is 128 Å². The minimum Gasteiger partial charge on any atom is -0.207 e. The minimum atomic E-state index is -3.44. The van der Waals surface area contributed by atoms with E-state index in [2.05, 4.69) is 13.8 Å². The van der Waals surface area contributed by atoms with E-state index in [4.69, 9.17) is 0 Å². The quantitative estimate of drug-likeness (QED) is 0.797. The highest BCUT2D eigenvalue weighted by molar-refractivity contribution is 7.89. The summed E-state index contributed by atoms with van der Waals surface area (Å²) in [6, 6.07) is 3.87. The van der Waals surface area contributed by atoms with Gasteiger partial charge in [-0.05, 0) is 44.2 Å². The number of aryl methyl sites for hydroxylation is 3. The molecular weight excluding hydrogens is 282 g/mol. The normalized spacial score (nSPS) is 19.6. The molecule has 1 atom stereocenters. The molecule has 4 heteroatoms. The summed E-state index contributed by atoms with van der Waals surface area (Å²) in [5.74, 6) is 0.468. The molecule has 0 aliphatic carbocycles. The molecule has 1 heterocycles. The average Bonchev–Trinajstić information content (AvgIpc) is 2.74. The zero-order valence-corrected chi connectivity index (χ0v) is 14.4. The topological polar surface area (TPSA) is 37.4 Å². The molecule has 1 aliphatic rings. The molecule has 0 amide bonds. The first-order valence-corrected chi connectivity index (χ1v) is 8.94. The van der Waals surface area contributed by atoms with Crippen LogP contribution in [0.2, 0.25) is 0 Å². The maximum atomic E-state index is 13.1. The van der Waals surface area contributed by atoms with Crippen molar-refractivity contribution < 1.29 is 8.42 Å². The maximum absolute atomic E-state index is 13.1. The zero-order chi connectivity index (χ0) is 15.8. The van der Waals surface area contributed by atoms with Crippen molar-refractivity contribution in [2.24, 2.45) is 5.92 Å². The lowest BCUT2D eigenvalue weighted by atomic mass is 10.1. The first-order chi connectivity index (χ1) is 9.73. The number of rotatable bonds is 4. The fourth-order valence-corrected chi connectivity index (χ4v) is 5.16. The molecule has 0 spiro atoms. The molecule has 0 saturated carbocycles. The van der Waals surface area contributed by atoms with E-state index in [0.717, 1.165) is 23.1 Å². The van der Waals surface area contributed by atoms with Gasteiger partial charge < -0.3 is 0 Å². The number of nitrogens with zero attached hydrogens (tertiary/aromatic N) is 1. The van der Waals surface area contributed by atoms with E-state index >= 15 is 0 Å².